The van der Waals surface area contributed by atoms with Gasteiger partial charge in [0, 0.05) is 6.54 Å². The molecular formula is C16H25N3O3. The summed E-state index contributed by atoms with van der Waals surface area (Å²) in [6.45, 7) is 4.16. The van der Waals surface area contributed by atoms with Gasteiger partial charge in [-0.1, -0.05) is 26.0 Å². The Hall–Kier alpha value is -2.08. The summed E-state index contributed by atoms with van der Waals surface area (Å²) in [6.07, 6.45) is 0.697. The van der Waals surface area contributed by atoms with Crippen molar-refractivity contribution in [1.29, 1.82) is 0 Å². The highest BCUT2D eigenvalue weighted by Crippen LogP contribution is 2.12. The lowest BCUT2D eigenvalue weighted by Gasteiger charge is -2.15. The summed E-state index contributed by atoms with van der Waals surface area (Å²) in [5, 5.41) is 5.29. The number of nitrogens with two attached hydrogens (primary N) is 1. The second-order valence-electron chi connectivity index (χ2n) is 5.44. The van der Waals surface area contributed by atoms with E-state index in [0.717, 1.165) is 11.3 Å². The molecule has 122 valence electrons. The summed E-state index contributed by atoms with van der Waals surface area (Å²) in [4.78, 5) is 23.3. The number of hydrogen-bond acceptors (Lipinski definition) is 4. The van der Waals surface area contributed by atoms with Gasteiger partial charge in [-0.2, -0.15) is 0 Å². The Labute approximate surface area is 131 Å². The number of benzene rings is 1. The van der Waals surface area contributed by atoms with Gasteiger partial charge in [0.2, 0.25) is 11.8 Å². The maximum atomic E-state index is 11.7. The number of hydrogen-bond donors (Lipinski definition) is 3. The van der Waals surface area contributed by atoms with E-state index < -0.39 is 6.04 Å². The molecule has 1 atom stereocenters. The summed E-state index contributed by atoms with van der Waals surface area (Å²) in [7, 11) is 1.62. The Bertz CT molecular complexity index is 503. The lowest BCUT2D eigenvalue weighted by molar-refractivity contribution is -0.127. The van der Waals surface area contributed by atoms with Crippen LogP contribution < -0.4 is 21.1 Å². The van der Waals surface area contributed by atoms with E-state index in [1.54, 1.807) is 7.11 Å². The summed E-state index contributed by atoms with van der Waals surface area (Å²) < 4.78 is 5.14. The first-order valence-corrected chi connectivity index (χ1v) is 7.37. The van der Waals surface area contributed by atoms with Gasteiger partial charge < -0.3 is 21.1 Å². The standard InChI is InChI=1S/C16H25N3O3/c1-11(2)15(17)16(21)19-10-14(20)18-8-7-12-5-4-6-13(9-12)22-3/h4-6,9,11,15H,7-8,10,17H2,1-3H3,(H,18,20)(H,19,21)/t15-/m0/s1. The van der Waals surface area contributed by atoms with Gasteiger partial charge in [0.1, 0.15) is 5.75 Å². The van der Waals surface area contributed by atoms with Crippen LogP contribution in [0.1, 0.15) is 19.4 Å². The average Bonchev–Trinajstić information content (AvgIpc) is 2.51. The van der Waals surface area contributed by atoms with E-state index in [0.29, 0.717) is 13.0 Å². The van der Waals surface area contributed by atoms with Crippen molar-refractivity contribution >= 4 is 11.8 Å². The molecule has 0 aromatic heterocycles. The van der Waals surface area contributed by atoms with Gasteiger partial charge in [-0.05, 0) is 30.0 Å². The van der Waals surface area contributed by atoms with Crippen LogP contribution in [0, 0.1) is 5.92 Å². The molecule has 0 unspecified atom stereocenters. The molecule has 6 nitrogen and oxygen atoms in total. The van der Waals surface area contributed by atoms with Crippen LogP contribution in [0.25, 0.3) is 0 Å². The van der Waals surface area contributed by atoms with Gasteiger partial charge in [0.25, 0.3) is 0 Å². The molecule has 0 aliphatic carbocycles. The van der Waals surface area contributed by atoms with E-state index in [1.807, 2.05) is 38.1 Å². The second-order valence-corrected chi connectivity index (χ2v) is 5.44. The van der Waals surface area contributed by atoms with Crippen LogP contribution >= 0.6 is 0 Å². The highest BCUT2D eigenvalue weighted by Gasteiger charge is 2.17. The first-order valence-electron chi connectivity index (χ1n) is 7.37. The largest absolute Gasteiger partial charge is 0.497 e. The normalized spacial score (nSPS) is 11.9. The summed E-state index contributed by atoms with van der Waals surface area (Å²) in [5.74, 6) is 0.292. The highest BCUT2D eigenvalue weighted by molar-refractivity contribution is 5.87. The Morgan fingerprint density at radius 1 is 1.27 bits per heavy atom. The molecule has 4 N–H and O–H groups in total. The van der Waals surface area contributed by atoms with E-state index in [9.17, 15) is 9.59 Å². The fraction of sp³-hybridized carbons (Fsp3) is 0.500. The lowest BCUT2D eigenvalue weighted by atomic mass is 10.1. The average molecular weight is 307 g/mol. The Morgan fingerprint density at radius 3 is 2.64 bits per heavy atom. The number of carbonyl (C=O) groups is 2. The molecule has 0 heterocycles. The van der Waals surface area contributed by atoms with Crippen molar-refractivity contribution in [2.45, 2.75) is 26.3 Å². The maximum absolute atomic E-state index is 11.7. The highest BCUT2D eigenvalue weighted by atomic mass is 16.5. The predicted molar refractivity (Wildman–Crippen MR) is 85.5 cm³/mol. The topological polar surface area (TPSA) is 93.5 Å². The van der Waals surface area contributed by atoms with Crippen LogP contribution in [0.2, 0.25) is 0 Å². The molecule has 0 saturated carbocycles. The van der Waals surface area contributed by atoms with Crippen LogP contribution in [0.4, 0.5) is 0 Å². The molecule has 0 radical (unpaired) electrons. The molecule has 2 amide bonds. The summed E-state index contributed by atoms with van der Waals surface area (Å²) in [6, 6.07) is 7.08. The monoisotopic (exact) mass is 307 g/mol. The van der Waals surface area contributed by atoms with Gasteiger partial charge in [-0.3, -0.25) is 9.59 Å². The third-order valence-corrected chi connectivity index (χ3v) is 3.31. The van der Waals surface area contributed by atoms with Crippen molar-refractivity contribution in [3.63, 3.8) is 0 Å². The van der Waals surface area contributed by atoms with Crippen molar-refractivity contribution in [3.8, 4) is 5.75 Å². The third kappa shape index (κ3) is 6.13. The van der Waals surface area contributed by atoms with Crippen LogP contribution in [0.15, 0.2) is 24.3 Å². The zero-order chi connectivity index (χ0) is 16.5. The molecule has 0 saturated heterocycles. The van der Waals surface area contributed by atoms with E-state index in [1.165, 1.54) is 0 Å². The number of amides is 2. The number of rotatable bonds is 8. The summed E-state index contributed by atoms with van der Waals surface area (Å²) in [5.41, 5.74) is 6.77. The molecule has 0 bridgehead atoms. The Kier molecular flexibility index (Phi) is 7.39. The van der Waals surface area contributed by atoms with Crippen LogP contribution in [-0.4, -0.2) is 38.1 Å². The van der Waals surface area contributed by atoms with Crippen molar-refractivity contribution in [1.82, 2.24) is 10.6 Å². The van der Waals surface area contributed by atoms with Crippen LogP contribution in [-0.2, 0) is 16.0 Å². The third-order valence-electron chi connectivity index (χ3n) is 3.31. The molecule has 22 heavy (non-hydrogen) atoms. The smallest absolute Gasteiger partial charge is 0.239 e. The van der Waals surface area contributed by atoms with Gasteiger partial charge in [0.15, 0.2) is 0 Å². The van der Waals surface area contributed by atoms with Crippen molar-refractivity contribution < 1.29 is 14.3 Å². The molecule has 1 aromatic carbocycles. The van der Waals surface area contributed by atoms with Crippen molar-refractivity contribution in [3.05, 3.63) is 29.8 Å². The molecular weight excluding hydrogens is 282 g/mol. The van der Waals surface area contributed by atoms with E-state index in [2.05, 4.69) is 10.6 Å². The van der Waals surface area contributed by atoms with Gasteiger partial charge in [-0.15, -0.1) is 0 Å². The SMILES string of the molecule is COc1cccc(CCNC(=O)CNC(=O)[C@@H](N)C(C)C)c1. The number of methoxy groups -OCH3 is 1. The van der Waals surface area contributed by atoms with Crippen LogP contribution in [0.3, 0.4) is 0 Å². The number of ether oxygens (including phenoxy) is 1. The molecule has 6 heteroatoms. The fourth-order valence-corrected chi connectivity index (χ4v) is 1.82. The van der Waals surface area contributed by atoms with E-state index >= 15 is 0 Å². The molecule has 1 rings (SSSR count). The van der Waals surface area contributed by atoms with Gasteiger partial charge in [-0.25, -0.2) is 0 Å². The second kappa shape index (κ2) is 9.04. The first-order chi connectivity index (χ1) is 10.4. The fourth-order valence-electron chi connectivity index (χ4n) is 1.82. The van der Waals surface area contributed by atoms with Gasteiger partial charge >= 0.3 is 0 Å². The minimum Gasteiger partial charge on any atom is -0.497 e. The number of carbonyl (C=O) groups excluding carboxylic acids is 2. The van der Waals surface area contributed by atoms with E-state index in [4.69, 9.17) is 10.5 Å². The zero-order valence-corrected chi connectivity index (χ0v) is 13.4. The predicted octanol–water partition coefficient (Wildman–Crippen LogP) is 0.453. The molecule has 1 aromatic rings. The first kappa shape index (κ1) is 18.0. The number of nitrogens with one attached hydrogen (secondary N) is 2. The minimum atomic E-state index is -0.593. The quantitative estimate of drug-likeness (QED) is 0.650. The molecule has 0 aliphatic rings. The Morgan fingerprint density at radius 2 is 2.00 bits per heavy atom. The molecule has 0 aliphatic heterocycles. The van der Waals surface area contributed by atoms with Crippen molar-refractivity contribution in [2.24, 2.45) is 11.7 Å². The molecule has 0 spiro atoms. The maximum Gasteiger partial charge on any atom is 0.239 e. The zero-order valence-electron chi connectivity index (χ0n) is 13.4. The van der Waals surface area contributed by atoms with Crippen molar-refractivity contribution in [2.75, 3.05) is 20.2 Å². The summed E-state index contributed by atoms with van der Waals surface area (Å²) >= 11 is 0. The Balaban J connectivity index is 2.27. The minimum absolute atomic E-state index is 0.0381. The van der Waals surface area contributed by atoms with E-state index in [-0.39, 0.29) is 24.3 Å². The van der Waals surface area contributed by atoms with Gasteiger partial charge in [0.05, 0.1) is 19.7 Å². The lowest BCUT2D eigenvalue weighted by Crippen LogP contribution is -2.47. The van der Waals surface area contributed by atoms with Crippen LogP contribution in [0.5, 0.6) is 5.75 Å². The molecule has 0 fully saturated rings.